The number of carbonyl (C=O) groups excluding carboxylic acids is 2. The van der Waals surface area contributed by atoms with Crippen LogP contribution in [0.2, 0.25) is 0 Å². The first-order chi connectivity index (χ1) is 15.0. The number of ether oxygens (including phenoxy) is 1. The van der Waals surface area contributed by atoms with E-state index in [9.17, 15) is 9.59 Å². The van der Waals surface area contributed by atoms with Crippen LogP contribution in [0, 0.1) is 0 Å². The van der Waals surface area contributed by atoms with Gasteiger partial charge in [-0.1, -0.05) is 42.5 Å². The number of nitrogens with one attached hydrogen (secondary N) is 1. The first-order valence-electron chi connectivity index (χ1n) is 10.6. The molecule has 0 saturated heterocycles. The van der Waals surface area contributed by atoms with Crippen LogP contribution in [-0.2, 0) is 14.3 Å². The number of hydrogen-bond acceptors (Lipinski definition) is 5. The number of dihydropyridines is 1. The van der Waals surface area contributed by atoms with Crippen molar-refractivity contribution in [2.24, 2.45) is 0 Å². The van der Waals surface area contributed by atoms with Crippen LogP contribution >= 0.6 is 11.8 Å². The monoisotopic (exact) mass is 433 g/mol. The molecule has 1 N–H and O–H groups in total. The van der Waals surface area contributed by atoms with Crippen molar-refractivity contribution in [3.05, 3.63) is 88.3 Å². The lowest BCUT2D eigenvalue weighted by molar-refractivity contribution is -0.138. The molecule has 2 aliphatic rings. The van der Waals surface area contributed by atoms with Crippen molar-refractivity contribution in [3.8, 4) is 0 Å². The number of Topliss-reactive ketones (excluding diaryl/α,β-unsaturated/α-hetero) is 1. The highest BCUT2D eigenvalue weighted by atomic mass is 32.2. The van der Waals surface area contributed by atoms with E-state index in [1.54, 1.807) is 18.7 Å². The predicted molar refractivity (Wildman–Crippen MR) is 124 cm³/mol. The normalized spacial score (nSPS) is 20.9. The third kappa shape index (κ3) is 4.19. The van der Waals surface area contributed by atoms with Crippen LogP contribution in [0.4, 0.5) is 0 Å². The van der Waals surface area contributed by atoms with E-state index in [0.717, 1.165) is 28.3 Å². The van der Waals surface area contributed by atoms with E-state index in [1.165, 1.54) is 5.56 Å². The van der Waals surface area contributed by atoms with Gasteiger partial charge in [0.05, 0.1) is 12.2 Å². The molecule has 5 heteroatoms. The molecule has 2 aromatic rings. The summed E-state index contributed by atoms with van der Waals surface area (Å²) < 4.78 is 5.38. The zero-order chi connectivity index (χ0) is 22.0. The van der Waals surface area contributed by atoms with Crippen LogP contribution in [-0.4, -0.2) is 24.6 Å². The number of hydrogen-bond donors (Lipinski definition) is 1. The molecule has 160 valence electrons. The van der Waals surface area contributed by atoms with Crippen molar-refractivity contribution in [1.29, 1.82) is 0 Å². The predicted octanol–water partition coefficient (Wildman–Crippen LogP) is 5.33. The minimum absolute atomic E-state index is 0.0934. The molecule has 0 unspecified atom stereocenters. The van der Waals surface area contributed by atoms with Crippen molar-refractivity contribution >= 4 is 23.5 Å². The minimum atomic E-state index is -0.407. The fourth-order valence-corrected chi connectivity index (χ4v) is 5.02. The van der Waals surface area contributed by atoms with Gasteiger partial charge in [-0.25, -0.2) is 4.79 Å². The Kier molecular flexibility index (Phi) is 6.33. The molecule has 0 aromatic heterocycles. The molecule has 2 atom stereocenters. The number of carbonyl (C=O) groups is 2. The first-order valence-corrected chi connectivity index (χ1v) is 11.9. The maximum absolute atomic E-state index is 13.5. The lowest BCUT2D eigenvalue weighted by atomic mass is 9.72. The van der Waals surface area contributed by atoms with Gasteiger partial charge in [-0.05, 0) is 55.7 Å². The second-order valence-corrected chi connectivity index (χ2v) is 8.80. The van der Waals surface area contributed by atoms with Gasteiger partial charge < -0.3 is 10.1 Å². The summed E-state index contributed by atoms with van der Waals surface area (Å²) in [5.74, 6) is -0.543. The Labute approximate surface area is 187 Å². The molecule has 0 spiro atoms. The number of benzene rings is 2. The van der Waals surface area contributed by atoms with E-state index in [4.69, 9.17) is 4.74 Å². The second kappa shape index (κ2) is 9.15. The summed E-state index contributed by atoms with van der Waals surface area (Å²) in [5.41, 5.74) is 5.04. The minimum Gasteiger partial charge on any atom is -0.463 e. The molecule has 31 heavy (non-hydrogen) atoms. The van der Waals surface area contributed by atoms with E-state index in [1.807, 2.05) is 55.6 Å². The maximum atomic E-state index is 13.5. The summed E-state index contributed by atoms with van der Waals surface area (Å²) in [6, 6.07) is 18.3. The van der Waals surface area contributed by atoms with Crippen LogP contribution in [0.5, 0.6) is 0 Å². The topological polar surface area (TPSA) is 55.4 Å². The fraction of sp³-hybridized carbons (Fsp3) is 0.308. The van der Waals surface area contributed by atoms with E-state index in [2.05, 4.69) is 17.4 Å². The average Bonchev–Trinajstić information content (AvgIpc) is 2.78. The summed E-state index contributed by atoms with van der Waals surface area (Å²) >= 11 is 1.67. The Morgan fingerprint density at radius 3 is 2.42 bits per heavy atom. The molecule has 0 amide bonds. The van der Waals surface area contributed by atoms with E-state index >= 15 is 0 Å². The standard InChI is InChI=1S/C26H27NO3S/c1-4-30-26(29)23-16(2)27-21-14-19(17-8-6-5-7-9-17)15-22(28)25(21)24(23)18-10-12-20(31-3)13-11-18/h5-13,19,24,27H,4,14-15H2,1-3H3/t19-,24+/m0/s1. The molecule has 0 fully saturated rings. The highest BCUT2D eigenvalue weighted by molar-refractivity contribution is 7.98. The molecule has 4 nitrogen and oxygen atoms in total. The molecule has 4 rings (SSSR count). The van der Waals surface area contributed by atoms with Crippen LogP contribution < -0.4 is 5.32 Å². The van der Waals surface area contributed by atoms with Gasteiger partial charge in [0.1, 0.15) is 0 Å². The third-order valence-electron chi connectivity index (χ3n) is 6.04. The van der Waals surface area contributed by atoms with Gasteiger partial charge in [-0.3, -0.25) is 4.79 Å². The summed E-state index contributed by atoms with van der Waals surface area (Å²) in [7, 11) is 0. The van der Waals surface area contributed by atoms with Gasteiger partial charge in [0.25, 0.3) is 0 Å². The largest absolute Gasteiger partial charge is 0.463 e. The molecule has 1 aliphatic carbocycles. The van der Waals surface area contributed by atoms with Crippen LogP contribution in [0.1, 0.15) is 49.7 Å². The van der Waals surface area contributed by atoms with Crippen molar-refractivity contribution < 1.29 is 14.3 Å². The number of rotatable bonds is 5. The number of ketones is 1. The van der Waals surface area contributed by atoms with Crippen molar-refractivity contribution in [2.45, 2.75) is 43.4 Å². The zero-order valence-corrected chi connectivity index (χ0v) is 18.9. The quantitative estimate of drug-likeness (QED) is 0.510. The smallest absolute Gasteiger partial charge is 0.336 e. The molecule has 0 radical (unpaired) electrons. The van der Waals surface area contributed by atoms with Crippen LogP contribution in [0.15, 0.2) is 82.0 Å². The Bertz CT molecular complexity index is 1050. The second-order valence-electron chi connectivity index (χ2n) is 7.92. The SMILES string of the molecule is CCOC(=O)C1=C(C)NC2=C(C(=O)C[C@@H](c3ccccc3)C2)[C@@H]1c1ccc(SC)cc1. The van der Waals surface area contributed by atoms with Gasteiger partial charge in [0, 0.05) is 34.2 Å². The molecule has 0 bridgehead atoms. The highest BCUT2D eigenvalue weighted by Crippen LogP contribution is 2.45. The Balaban J connectivity index is 1.79. The first kappa shape index (κ1) is 21.4. The highest BCUT2D eigenvalue weighted by Gasteiger charge is 2.41. The third-order valence-corrected chi connectivity index (χ3v) is 6.79. The molecular formula is C26H27NO3S. The van der Waals surface area contributed by atoms with Gasteiger partial charge >= 0.3 is 5.97 Å². The van der Waals surface area contributed by atoms with Gasteiger partial charge in [0.15, 0.2) is 5.78 Å². The van der Waals surface area contributed by atoms with Crippen molar-refractivity contribution in [1.82, 2.24) is 5.32 Å². The Morgan fingerprint density at radius 1 is 1.06 bits per heavy atom. The Hall–Kier alpha value is -2.79. The fourth-order valence-electron chi connectivity index (χ4n) is 4.61. The van der Waals surface area contributed by atoms with E-state index < -0.39 is 5.92 Å². The lowest BCUT2D eigenvalue weighted by Crippen LogP contribution is -2.36. The van der Waals surface area contributed by atoms with Gasteiger partial charge in [-0.15, -0.1) is 11.8 Å². The average molecular weight is 434 g/mol. The van der Waals surface area contributed by atoms with Crippen LogP contribution in [0.3, 0.4) is 0 Å². The molecular weight excluding hydrogens is 406 g/mol. The number of thioether (sulfide) groups is 1. The van der Waals surface area contributed by atoms with Crippen molar-refractivity contribution in [3.63, 3.8) is 0 Å². The number of allylic oxidation sites excluding steroid dienone is 3. The maximum Gasteiger partial charge on any atom is 0.336 e. The summed E-state index contributed by atoms with van der Waals surface area (Å²) in [4.78, 5) is 27.5. The Morgan fingerprint density at radius 2 is 1.77 bits per heavy atom. The summed E-state index contributed by atoms with van der Waals surface area (Å²) in [5, 5.41) is 3.39. The van der Waals surface area contributed by atoms with Crippen molar-refractivity contribution in [2.75, 3.05) is 12.9 Å². The molecule has 1 heterocycles. The van der Waals surface area contributed by atoms with Gasteiger partial charge in [0.2, 0.25) is 0 Å². The summed E-state index contributed by atoms with van der Waals surface area (Å²) in [6.45, 7) is 3.99. The number of esters is 1. The van der Waals surface area contributed by atoms with Crippen LogP contribution in [0.25, 0.3) is 0 Å². The molecule has 2 aromatic carbocycles. The molecule has 1 aliphatic heterocycles. The summed E-state index contributed by atoms with van der Waals surface area (Å²) in [6.07, 6.45) is 3.22. The van der Waals surface area contributed by atoms with E-state index in [-0.39, 0.29) is 17.7 Å². The lowest BCUT2D eigenvalue weighted by Gasteiger charge is -2.36. The van der Waals surface area contributed by atoms with Gasteiger partial charge in [-0.2, -0.15) is 0 Å². The van der Waals surface area contributed by atoms with E-state index in [0.29, 0.717) is 24.2 Å². The molecule has 0 saturated carbocycles. The zero-order valence-electron chi connectivity index (χ0n) is 18.1.